The first kappa shape index (κ1) is 22.5. The summed E-state index contributed by atoms with van der Waals surface area (Å²) in [5.41, 5.74) is 3.56. The normalized spacial score (nSPS) is 16.2. The van der Waals surface area contributed by atoms with Crippen molar-refractivity contribution in [1.29, 1.82) is 0 Å². The molecule has 1 aliphatic rings. The quantitative estimate of drug-likeness (QED) is 0.409. The minimum absolute atomic E-state index is 0.127. The number of aliphatic hydroxyl groups excluding tert-OH is 1. The molecule has 158 valence electrons. The molecule has 0 radical (unpaired) electrons. The second kappa shape index (κ2) is 9.63. The minimum Gasteiger partial charge on any atom is -0.512 e. The number of hydrogen-bond acceptors (Lipinski definition) is 5. The number of esters is 1. The van der Waals surface area contributed by atoms with Crippen molar-refractivity contribution in [2.45, 2.75) is 64.7 Å². The molecule has 3 N–H and O–H groups in total. The van der Waals surface area contributed by atoms with Gasteiger partial charge in [0, 0.05) is 11.8 Å². The van der Waals surface area contributed by atoms with Crippen LogP contribution < -0.4 is 0 Å². The SMILES string of the molecule is CC1=C(O)CCC(C(C)(CCCOC(=O)CCC(=O)O)c2ccc(O)c(C)c2)=C1. The van der Waals surface area contributed by atoms with Gasteiger partial charge in [0.2, 0.25) is 0 Å². The molecule has 0 aliphatic heterocycles. The molecule has 1 aromatic carbocycles. The van der Waals surface area contributed by atoms with Gasteiger partial charge < -0.3 is 20.1 Å². The van der Waals surface area contributed by atoms with Gasteiger partial charge in [-0.1, -0.05) is 30.7 Å². The van der Waals surface area contributed by atoms with Gasteiger partial charge in [-0.05, 0) is 55.9 Å². The number of carbonyl (C=O) groups excluding carboxylic acids is 1. The Balaban J connectivity index is 2.16. The standard InChI is InChI=1S/C23H30O6/c1-15-13-17(5-7-19(15)24)23(3,18-6-8-20(25)16(2)14-18)11-4-12-29-22(28)10-9-21(26)27/h5,7,13-14,24-25H,4,6,8-12H2,1-3H3,(H,26,27). The third kappa shape index (κ3) is 5.86. The van der Waals surface area contributed by atoms with Gasteiger partial charge in [0.25, 0.3) is 0 Å². The number of carbonyl (C=O) groups is 2. The number of rotatable bonds is 9. The molecule has 0 amide bonds. The molecule has 0 saturated heterocycles. The molecule has 0 spiro atoms. The highest BCUT2D eigenvalue weighted by molar-refractivity contribution is 5.76. The van der Waals surface area contributed by atoms with Gasteiger partial charge in [0.1, 0.15) is 5.75 Å². The van der Waals surface area contributed by atoms with Gasteiger partial charge in [-0.15, -0.1) is 0 Å². The Morgan fingerprint density at radius 1 is 1.14 bits per heavy atom. The van der Waals surface area contributed by atoms with Gasteiger partial charge in [0.15, 0.2) is 0 Å². The van der Waals surface area contributed by atoms with Crippen LogP contribution in [0.25, 0.3) is 0 Å². The largest absolute Gasteiger partial charge is 0.512 e. The third-order valence-electron chi connectivity index (χ3n) is 5.65. The van der Waals surface area contributed by atoms with Crippen molar-refractivity contribution in [2.24, 2.45) is 0 Å². The second-order valence-corrected chi connectivity index (χ2v) is 7.85. The Hall–Kier alpha value is -2.76. The molecule has 0 aromatic heterocycles. The summed E-state index contributed by atoms with van der Waals surface area (Å²) in [6, 6.07) is 5.58. The molecule has 0 bridgehead atoms. The molecule has 6 nitrogen and oxygen atoms in total. The van der Waals surface area contributed by atoms with E-state index in [1.54, 1.807) is 6.07 Å². The van der Waals surface area contributed by atoms with E-state index in [1.807, 2.05) is 32.1 Å². The molecule has 2 rings (SSSR count). The Morgan fingerprint density at radius 2 is 1.86 bits per heavy atom. The summed E-state index contributed by atoms with van der Waals surface area (Å²) in [7, 11) is 0. The van der Waals surface area contributed by atoms with Crippen LogP contribution in [-0.2, 0) is 19.7 Å². The molecule has 6 heteroatoms. The number of phenolic OH excluding ortho intramolecular Hbond substituents is 1. The van der Waals surface area contributed by atoms with E-state index in [0.717, 1.165) is 23.1 Å². The van der Waals surface area contributed by atoms with Crippen molar-refractivity contribution < 1.29 is 29.6 Å². The van der Waals surface area contributed by atoms with E-state index < -0.39 is 11.9 Å². The van der Waals surface area contributed by atoms with Crippen LogP contribution in [0.15, 0.2) is 41.2 Å². The number of hydrogen-bond donors (Lipinski definition) is 3. The lowest BCUT2D eigenvalue weighted by atomic mass is 9.69. The topological polar surface area (TPSA) is 104 Å². The predicted octanol–water partition coefficient (Wildman–Crippen LogP) is 4.70. The van der Waals surface area contributed by atoms with Crippen LogP contribution in [-0.4, -0.2) is 33.9 Å². The number of aliphatic hydroxyl groups is 1. The molecule has 1 unspecified atom stereocenters. The van der Waals surface area contributed by atoms with Crippen LogP contribution >= 0.6 is 0 Å². The summed E-state index contributed by atoms with van der Waals surface area (Å²) >= 11 is 0. The Kier molecular flexibility index (Phi) is 7.48. The maximum Gasteiger partial charge on any atom is 0.306 e. The number of aromatic hydroxyl groups is 1. The van der Waals surface area contributed by atoms with Gasteiger partial charge in [-0.2, -0.15) is 0 Å². The van der Waals surface area contributed by atoms with Crippen molar-refractivity contribution in [3.63, 3.8) is 0 Å². The van der Waals surface area contributed by atoms with E-state index in [-0.39, 0.29) is 30.6 Å². The number of benzene rings is 1. The second-order valence-electron chi connectivity index (χ2n) is 7.85. The molecule has 0 saturated carbocycles. The maximum atomic E-state index is 11.6. The van der Waals surface area contributed by atoms with Crippen molar-refractivity contribution in [3.05, 3.63) is 52.3 Å². The fourth-order valence-electron chi connectivity index (χ4n) is 3.68. The van der Waals surface area contributed by atoms with Crippen molar-refractivity contribution >= 4 is 11.9 Å². The lowest BCUT2D eigenvalue weighted by Crippen LogP contribution is -2.27. The van der Waals surface area contributed by atoms with E-state index in [0.29, 0.717) is 25.0 Å². The number of ether oxygens (including phenoxy) is 1. The lowest BCUT2D eigenvalue weighted by Gasteiger charge is -2.35. The zero-order valence-electron chi connectivity index (χ0n) is 17.3. The highest BCUT2D eigenvalue weighted by Gasteiger charge is 2.32. The number of carboxylic acid groups (broad SMARTS) is 1. The Bertz CT molecular complexity index is 836. The van der Waals surface area contributed by atoms with Crippen LogP contribution in [0.2, 0.25) is 0 Å². The first-order valence-electron chi connectivity index (χ1n) is 9.91. The number of aryl methyl sites for hydroxylation is 1. The van der Waals surface area contributed by atoms with E-state index in [2.05, 4.69) is 6.92 Å². The Morgan fingerprint density at radius 3 is 2.48 bits per heavy atom. The van der Waals surface area contributed by atoms with Crippen LogP contribution in [0, 0.1) is 6.92 Å². The zero-order chi connectivity index (χ0) is 21.6. The van der Waals surface area contributed by atoms with Crippen LogP contribution in [0.1, 0.15) is 63.5 Å². The molecule has 0 fully saturated rings. The van der Waals surface area contributed by atoms with E-state index in [4.69, 9.17) is 9.84 Å². The average molecular weight is 402 g/mol. The number of carboxylic acids is 1. The van der Waals surface area contributed by atoms with Crippen molar-refractivity contribution in [1.82, 2.24) is 0 Å². The maximum absolute atomic E-state index is 11.6. The summed E-state index contributed by atoms with van der Waals surface area (Å²) in [4.78, 5) is 22.2. The molecule has 29 heavy (non-hydrogen) atoms. The van der Waals surface area contributed by atoms with Crippen LogP contribution in [0.5, 0.6) is 5.75 Å². The first-order chi connectivity index (χ1) is 13.6. The van der Waals surface area contributed by atoms with E-state index >= 15 is 0 Å². The van der Waals surface area contributed by atoms with Crippen LogP contribution in [0.3, 0.4) is 0 Å². The molecule has 1 aromatic rings. The van der Waals surface area contributed by atoms with E-state index in [9.17, 15) is 19.8 Å². The van der Waals surface area contributed by atoms with Crippen molar-refractivity contribution in [3.8, 4) is 5.75 Å². The van der Waals surface area contributed by atoms with Gasteiger partial charge in [0.05, 0.1) is 25.2 Å². The summed E-state index contributed by atoms with van der Waals surface area (Å²) in [5, 5.41) is 28.5. The first-order valence-corrected chi connectivity index (χ1v) is 9.91. The summed E-state index contributed by atoms with van der Waals surface area (Å²) in [5.74, 6) is -0.872. The molecular weight excluding hydrogens is 372 g/mol. The number of phenols is 1. The summed E-state index contributed by atoms with van der Waals surface area (Å²) < 4.78 is 5.18. The third-order valence-corrected chi connectivity index (χ3v) is 5.65. The smallest absolute Gasteiger partial charge is 0.306 e. The van der Waals surface area contributed by atoms with Gasteiger partial charge in [-0.25, -0.2) is 0 Å². The highest BCUT2D eigenvalue weighted by Crippen LogP contribution is 2.42. The summed E-state index contributed by atoms with van der Waals surface area (Å²) in [6.07, 6.45) is 4.32. The lowest BCUT2D eigenvalue weighted by molar-refractivity contribution is -0.147. The summed E-state index contributed by atoms with van der Waals surface area (Å²) in [6.45, 7) is 6.10. The molecule has 1 aliphatic carbocycles. The zero-order valence-corrected chi connectivity index (χ0v) is 17.3. The molecule has 1 atom stereocenters. The van der Waals surface area contributed by atoms with Crippen LogP contribution in [0.4, 0.5) is 0 Å². The number of allylic oxidation sites excluding steroid dienone is 4. The van der Waals surface area contributed by atoms with Gasteiger partial charge >= 0.3 is 11.9 Å². The van der Waals surface area contributed by atoms with E-state index in [1.165, 1.54) is 5.57 Å². The molecule has 0 heterocycles. The monoisotopic (exact) mass is 402 g/mol. The fraction of sp³-hybridized carbons (Fsp3) is 0.478. The predicted molar refractivity (Wildman–Crippen MR) is 110 cm³/mol. The minimum atomic E-state index is -1.02. The average Bonchev–Trinajstić information content (AvgIpc) is 2.67. The highest BCUT2D eigenvalue weighted by atomic mass is 16.5. The number of aliphatic carboxylic acids is 1. The van der Waals surface area contributed by atoms with Crippen molar-refractivity contribution in [2.75, 3.05) is 6.61 Å². The molecular formula is C23H30O6. The fourth-order valence-corrected chi connectivity index (χ4v) is 3.68. The van der Waals surface area contributed by atoms with Gasteiger partial charge in [-0.3, -0.25) is 9.59 Å². The Labute approximate surface area is 171 Å².